The third-order valence-corrected chi connectivity index (χ3v) is 2.08. The number of nitrogens with two attached hydrogens (primary N) is 1. The second-order valence-electron chi connectivity index (χ2n) is 3.29. The fraction of sp³-hybridized carbons (Fsp3) is 0.667. The first-order chi connectivity index (χ1) is 6.99. The number of carbonyl (C=O) groups excluding carboxylic acids is 1. The van der Waals surface area contributed by atoms with Crippen LogP contribution in [0.4, 0.5) is 0 Å². The fourth-order valence-electron chi connectivity index (χ4n) is 0.966. The maximum absolute atomic E-state index is 11.2. The van der Waals surface area contributed by atoms with Crippen LogP contribution in [0, 0.1) is 0 Å². The summed E-state index contributed by atoms with van der Waals surface area (Å²) in [6.07, 6.45) is 1.66. The Morgan fingerprint density at radius 3 is 2.60 bits per heavy atom. The van der Waals surface area contributed by atoms with Gasteiger partial charge in [-0.1, -0.05) is 12.2 Å². The van der Waals surface area contributed by atoms with Gasteiger partial charge in [-0.05, 0) is 31.6 Å². The number of carbonyl (C=O) groups is 2. The molecule has 0 aliphatic carbocycles. The first-order valence-corrected chi connectivity index (χ1v) is 5.18. The van der Waals surface area contributed by atoms with Crippen LogP contribution in [-0.2, 0) is 9.59 Å². The molecule has 0 bridgehead atoms. The first-order valence-electron chi connectivity index (χ1n) is 4.71. The van der Waals surface area contributed by atoms with E-state index in [0.717, 1.165) is 0 Å². The van der Waals surface area contributed by atoms with Crippen molar-refractivity contribution in [3.8, 4) is 0 Å². The van der Waals surface area contributed by atoms with Gasteiger partial charge >= 0.3 is 5.97 Å². The highest BCUT2D eigenvalue weighted by Crippen LogP contribution is 2.00. The van der Waals surface area contributed by atoms with E-state index >= 15 is 0 Å². The molecule has 6 heteroatoms. The summed E-state index contributed by atoms with van der Waals surface area (Å²) in [5, 5.41) is 12.7. The Bertz CT molecular complexity index is 244. The number of carboxylic acid groups (broad SMARTS) is 1. The molecule has 0 aromatic rings. The van der Waals surface area contributed by atoms with Gasteiger partial charge in [0.05, 0.1) is 6.04 Å². The van der Waals surface area contributed by atoms with Crippen LogP contribution in [0.1, 0.15) is 26.2 Å². The van der Waals surface area contributed by atoms with Gasteiger partial charge in [0, 0.05) is 0 Å². The third-order valence-electron chi connectivity index (χ3n) is 1.84. The number of hydrogen-bond acceptors (Lipinski definition) is 4. The van der Waals surface area contributed by atoms with Crippen LogP contribution in [0.3, 0.4) is 0 Å². The lowest BCUT2D eigenvalue weighted by molar-refractivity contribution is -0.142. The van der Waals surface area contributed by atoms with E-state index in [2.05, 4.69) is 17.5 Å². The van der Waals surface area contributed by atoms with Gasteiger partial charge in [-0.25, -0.2) is 4.79 Å². The van der Waals surface area contributed by atoms with Crippen molar-refractivity contribution in [2.24, 2.45) is 5.73 Å². The van der Waals surface area contributed by atoms with Crippen LogP contribution in [-0.4, -0.2) is 34.4 Å². The molecule has 0 fully saturated rings. The molecular formula is C9H16N2O3S. The molecule has 5 nitrogen and oxygen atoms in total. The number of rotatable bonds is 7. The minimum atomic E-state index is -1.05. The Kier molecular flexibility index (Phi) is 6.81. The van der Waals surface area contributed by atoms with Gasteiger partial charge in [0.2, 0.25) is 5.91 Å². The van der Waals surface area contributed by atoms with E-state index in [1.54, 1.807) is 5.37 Å². The third kappa shape index (κ3) is 6.14. The summed E-state index contributed by atoms with van der Waals surface area (Å²) in [7, 11) is 0. The van der Waals surface area contributed by atoms with Crippen LogP contribution in [0.2, 0.25) is 0 Å². The summed E-state index contributed by atoms with van der Waals surface area (Å²) < 4.78 is 0. The number of carboxylic acids is 1. The van der Waals surface area contributed by atoms with E-state index < -0.39 is 24.0 Å². The second-order valence-corrected chi connectivity index (χ2v) is 3.62. The number of thiocarbonyl (C=S) groups is 1. The molecule has 1 unspecified atom stereocenters. The number of amides is 1. The van der Waals surface area contributed by atoms with E-state index in [4.69, 9.17) is 10.8 Å². The molecule has 0 radical (unpaired) electrons. The molecule has 1 amide bonds. The van der Waals surface area contributed by atoms with Gasteiger partial charge in [-0.15, -0.1) is 0 Å². The predicted octanol–water partition coefficient (Wildman–Crippen LogP) is 0.0730. The van der Waals surface area contributed by atoms with Gasteiger partial charge in [0.25, 0.3) is 0 Å². The van der Waals surface area contributed by atoms with Crippen molar-refractivity contribution in [3.05, 3.63) is 0 Å². The van der Waals surface area contributed by atoms with Crippen LogP contribution < -0.4 is 11.1 Å². The summed E-state index contributed by atoms with van der Waals surface area (Å²) in [6, 6.07) is -1.57. The van der Waals surface area contributed by atoms with Gasteiger partial charge < -0.3 is 16.2 Å². The van der Waals surface area contributed by atoms with Crippen molar-refractivity contribution in [2.45, 2.75) is 38.3 Å². The van der Waals surface area contributed by atoms with Crippen molar-refractivity contribution >= 4 is 29.5 Å². The van der Waals surface area contributed by atoms with Crippen LogP contribution in [0.5, 0.6) is 0 Å². The van der Waals surface area contributed by atoms with Crippen LogP contribution in [0.25, 0.3) is 0 Å². The number of unbranched alkanes of at least 4 members (excludes halogenated alkanes) is 1. The highest BCUT2D eigenvalue weighted by atomic mass is 32.1. The summed E-state index contributed by atoms with van der Waals surface area (Å²) in [6.45, 7) is 1.51. The normalized spacial score (nSPS) is 14.0. The highest BCUT2D eigenvalue weighted by molar-refractivity contribution is 7.78. The molecule has 15 heavy (non-hydrogen) atoms. The predicted molar refractivity (Wildman–Crippen MR) is 60.7 cm³/mol. The number of hydrogen-bond donors (Lipinski definition) is 3. The Hall–Kier alpha value is -1.01. The van der Waals surface area contributed by atoms with E-state index in [1.807, 2.05) is 0 Å². The molecule has 0 saturated heterocycles. The van der Waals surface area contributed by atoms with Crippen LogP contribution in [0.15, 0.2) is 0 Å². The lowest BCUT2D eigenvalue weighted by Crippen LogP contribution is -2.47. The standard InChI is InChI=1S/C9H16N2O3S/c1-6(10)8(12)11-7(9(13)14)4-2-3-5-15/h5-7H,2-4,10H2,1H3,(H,11,12)(H,13,14)/t6-,7?/m0/s1. The fourth-order valence-corrected chi connectivity index (χ4v) is 1.13. The Morgan fingerprint density at radius 1 is 1.60 bits per heavy atom. The highest BCUT2D eigenvalue weighted by Gasteiger charge is 2.20. The maximum Gasteiger partial charge on any atom is 0.326 e. The summed E-state index contributed by atoms with van der Waals surface area (Å²) in [5.74, 6) is -1.50. The van der Waals surface area contributed by atoms with E-state index in [0.29, 0.717) is 19.3 Å². The SMILES string of the molecule is C[C@H](N)C(=O)NC(CCCC=S)C(=O)O. The largest absolute Gasteiger partial charge is 0.480 e. The zero-order chi connectivity index (χ0) is 11.8. The minimum absolute atomic E-state index is 0.362. The zero-order valence-corrected chi connectivity index (χ0v) is 9.42. The van der Waals surface area contributed by atoms with Crippen molar-refractivity contribution in [1.29, 1.82) is 0 Å². The van der Waals surface area contributed by atoms with Gasteiger partial charge in [0.1, 0.15) is 6.04 Å². The smallest absolute Gasteiger partial charge is 0.326 e. The quantitative estimate of drug-likeness (QED) is 0.427. The monoisotopic (exact) mass is 232 g/mol. The molecule has 0 saturated carbocycles. The Labute approximate surface area is 94.0 Å². The van der Waals surface area contributed by atoms with Crippen molar-refractivity contribution in [1.82, 2.24) is 5.32 Å². The molecule has 4 N–H and O–H groups in total. The summed E-state index contributed by atoms with van der Waals surface area (Å²) in [4.78, 5) is 21.9. The summed E-state index contributed by atoms with van der Waals surface area (Å²) >= 11 is 4.62. The Morgan fingerprint density at radius 2 is 2.20 bits per heavy atom. The van der Waals surface area contributed by atoms with Crippen molar-refractivity contribution in [2.75, 3.05) is 0 Å². The molecule has 0 spiro atoms. The Balaban J connectivity index is 4.10. The van der Waals surface area contributed by atoms with Crippen LogP contribution >= 0.6 is 12.2 Å². The molecule has 0 rings (SSSR count). The molecular weight excluding hydrogens is 216 g/mol. The molecule has 2 atom stereocenters. The first kappa shape index (κ1) is 14.0. The van der Waals surface area contributed by atoms with Crippen molar-refractivity contribution < 1.29 is 14.7 Å². The molecule has 0 heterocycles. The molecule has 0 aromatic carbocycles. The molecule has 0 aliphatic rings. The number of nitrogens with one attached hydrogen (secondary N) is 1. The van der Waals surface area contributed by atoms with E-state index in [1.165, 1.54) is 6.92 Å². The lowest BCUT2D eigenvalue weighted by atomic mass is 10.1. The zero-order valence-electron chi connectivity index (χ0n) is 8.60. The average molecular weight is 232 g/mol. The van der Waals surface area contributed by atoms with Gasteiger partial charge in [0.15, 0.2) is 0 Å². The van der Waals surface area contributed by atoms with Gasteiger partial charge in [-0.3, -0.25) is 4.79 Å². The number of aliphatic carboxylic acids is 1. The average Bonchev–Trinajstić information content (AvgIpc) is 2.15. The van der Waals surface area contributed by atoms with Gasteiger partial charge in [-0.2, -0.15) is 0 Å². The minimum Gasteiger partial charge on any atom is -0.480 e. The molecule has 0 aliphatic heterocycles. The maximum atomic E-state index is 11.2. The molecule has 86 valence electrons. The lowest BCUT2D eigenvalue weighted by Gasteiger charge is -2.15. The van der Waals surface area contributed by atoms with E-state index in [9.17, 15) is 9.59 Å². The summed E-state index contributed by atoms with van der Waals surface area (Å²) in [5.41, 5.74) is 5.31. The second kappa shape index (κ2) is 7.30. The molecule has 0 aromatic heterocycles. The van der Waals surface area contributed by atoms with Crippen molar-refractivity contribution in [3.63, 3.8) is 0 Å². The topological polar surface area (TPSA) is 92.4 Å². The van der Waals surface area contributed by atoms with E-state index in [-0.39, 0.29) is 0 Å².